The first-order valence-corrected chi connectivity index (χ1v) is 8.64. The molecule has 0 spiro atoms. The number of fused-ring (bicyclic) bond motifs is 1. The number of aromatic nitrogens is 1. The Hall–Kier alpha value is -1.17. The van der Waals surface area contributed by atoms with Crippen molar-refractivity contribution in [1.82, 2.24) is 14.8 Å². The topological polar surface area (TPSA) is 32.5 Å². The summed E-state index contributed by atoms with van der Waals surface area (Å²) in [7, 11) is 0. The van der Waals surface area contributed by atoms with E-state index in [9.17, 15) is 0 Å². The molecule has 0 unspecified atom stereocenters. The van der Waals surface area contributed by atoms with Crippen molar-refractivity contribution >= 4 is 11.3 Å². The van der Waals surface area contributed by atoms with Crippen molar-refractivity contribution in [2.75, 3.05) is 19.6 Å². The predicted octanol–water partition coefficient (Wildman–Crippen LogP) is 3.07. The molecule has 0 aliphatic carbocycles. The van der Waals surface area contributed by atoms with Crippen molar-refractivity contribution in [3.8, 4) is 10.8 Å². The first-order chi connectivity index (χ1) is 10.3. The fourth-order valence-electron chi connectivity index (χ4n) is 3.57. The van der Waals surface area contributed by atoms with Gasteiger partial charge in [0, 0.05) is 31.7 Å². The molecule has 0 amide bonds. The molecule has 4 rings (SSSR count). The van der Waals surface area contributed by atoms with Gasteiger partial charge in [-0.05, 0) is 37.8 Å². The molecular formula is C16H21N3OS. The predicted molar refractivity (Wildman–Crippen MR) is 84.3 cm³/mol. The molecular weight excluding hydrogens is 282 g/mol. The average molecular weight is 303 g/mol. The molecule has 0 saturated carbocycles. The van der Waals surface area contributed by atoms with Gasteiger partial charge in [0.15, 0.2) is 0 Å². The number of rotatable bonds is 3. The minimum atomic E-state index is 0.598. The highest BCUT2D eigenvalue weighted by Gasteiger charge is 2.34. The highest BCUT2D eigenvalue weighted by Crippen LogP contribution is 2.27. The van der Waals surface area contributed by atoms with Crippen LogP contribution in [0.25, 0.3) is 10.8 Å². The van der Waals surface area contributed by atoms with Crippen molar-refractivity contribution in [3.05, 3.63) is 29.5 Å². The second kappa shape index (κ2) is 5.55. The van der Waals surface area contributed by atoms with Crippen LogP contribution in [0.15, 0.2) is 28.2 Å². The van der Waals surface area contributed by atoms with Crippen molar-refractivity contribution in [2.24, 2.45) is 0 Å². The standard InChI is InChI=1S/C16H21N3OS/c1-12-8-18-6-2-4-14(18)10-19(12)9-13-11-20-16(17-13)15-5-3-7-21-15/h3,5,7,11-12,14H,2,4,6,8-10H2,1H3/t12-,14+/m0/s1. The summed E-state index contributed by atoms with van der Waals surface area (Å²) in [6.07, 6.45) is 4.53. The lowest BCUT2D eigenvalue weighted by molar-refractivity contribution is 0.0532. The molecule has 5 heteroatoms. The van der Waals surface area contributed by atoms with E-state index in [0.29, 0.717) is 6.04 Å². The quantitative estimate of drug-likeness (QED) is 0.872. The summed E-state index contributed by atoms with van der Waals surface area (Å²) in [4.78, 5) is 11.0. The lowest BCUT2D eigenvalue weighted by Gasteiger charge is -2.42. The van der Waals surface area contributed by atoms with Crippen LogP contribution in [0.1, 0.15) is 25.5 Å². The largest absolute Gasteiger partial charge is 0.444 e. The van der Waals surface area contributed by atoms with Crippen molar-refractivity contribution in [1.29, 1.82) is 0 Å². The molecule has 4 nitrogen and oxygen atoms in total. The minimum Gasteiger partial charge on any atom is -0.444 e. The third kappa shape index (κ3) is 2.65. The minimum absolute atomic E-state index is 0.598. The number of hydrogen-bond acceptors (Lipinski definition) is 5. The zero-order valence-electron chi connectivity index (χ0n) is 12.4. The van der Waals surface area contributed by atoms with Gasteiger partial charge in [-0.2, -0.15) is 0 Å². The van der Waals surface area contributed by atoms with Gasteiger partial charge in [-0.15, -0.1) is 11.3 Å². The smallest absolute Gasteiger partial charge is 0.236 e. The Kier molecular flexibility index (Phi) is 3.57. The number of oxazole rings is 1. The van der Waals surface area contributed by atoms with Gasteiger partial charge < -0.3 is 4.42 Å². The molecule has 0 bridgehead atoms. The van der Waals surface area contributed by atoms with E-state index in [-0.39, 0.29) is 0 Å². The molecule has 2 aromatic rings. The van der Waals surface area contributed by atoms with Gasteiger partial charge in [-0.1, -0.05) is 6.07 Å². The van der Waals surface area contributed by atoms with Crippen molar-refractivity contribution < 1.29 is 4.42 Å². The molecule has 2 saturated heterocycles. The Morgan fingerprint density at radius 1 is 1.43 bits per heavy atom. The van der Waals surface area contributed by atoms with Gasteiger partial charge in [0.05, 0.1) is 10.6 Å². The Morgan fingerprint density at radius 2 is 2.38 bits per heavy atom. The maximum atomic E-state index is 5.63. The molecule has 2 aliphatic rings. The maximum absolute atomic E-state index is 5.63. The molecule has 112 valence electrons. The summed E-state index contributed by atoms with van der Waals surface area (Å²) in [5.74, 6) is 0.757. The fraction of sp³-hybridized carbons (Fsp3) is 0.562. The molecule has 2 fully saturated rings. The van der Waals surface area contributed by atoms with Gasteiger partial charge in [0.2, 0.25) is 5.89 Å². The van der Waals surface area contributed by atoms with Gasteiger partial charge in [0.25, 0.3) is 0 Å². The fourth-order valence-corrected chi connectivity index (χ4v) is 4.22. The summed E-state index contributed by atoms with van der Waals surface area (Å²) < 4.78 is 5.63. The third-order valence-electron chi connectivity index (χ3n) is 4.72. The molecule has 0 aromatic carbocycles. The van der Waals surface area contributed by atoms with Crippen LogP contribution in [0, 0.1) is 0 Å². The van der Waals surface area contributed by atoms with Gasteiger partial charge >= 0.3 is 0 Å². The molecule has 2 atom stereocenters. The first-order valence-electron chi connectivity index (χ1n) is 7.76. The van der Waals surface area contributed by atoms with E-state index in [0.717, 1.165) is 29.0 Å². The van der Waals surface area contributed by atoms with E-state index in [1.54, 1.807) is 11.3 Å². The van der Waals surface area contributed by atoms with Crippen LogP contribution in [-0.2, 0) is 6.54 Å². The molecule has 2 aromatic heterocycles. The Morgan fingerprint density at radius 3 is 3.24 bits per heavy atom. The van der Waals surface area contributed by atoms with Gasteiger partial charge in [-0.25, -0.2) is 4.98 Å². The molecule has 0 radical (unpaired) electrons. The number of thiophene rings is 1. The monoisotopic (exact) mass is 303 g/mol. The van der Waals surface area contributed by atoms with Gasteiger partial charge in [-0.3, -0.25) is 9.80 Å². The molecule has 2 aliphatic heterocycles. The van der Waals surface area contributed by atoms with Crippen LogP contribution >= 0.6 is 11.3 Å². The normalized spacial score (nSPS) is 27.1. The Balaban J connectivity index is 1.46. The number of nitrogens with zero attached hydrogens (tertiary/aromatic N) is 3. The van der Waals surface area contributed by atoms with Crippen molar-refractivity contribution in [3.63, 3.8) is 0 Å². The summed E-state index contributed by atoms with van der Waals surface area (Å²) in [5.41, 5.74) is 1.05. The second-order valence-corrected chi connectivity index (χ2v) is 7.14. The average Bonchev–Trinajstić information content (AvgIpc) is 3.18. The highest BCUT2D eigenvalue weighted by molar-refractivity contribution is 7.13. The Labute approximate surface area is 129 Å². The first kappa shape index (κ1) is 13.5. The molecule has 0 N–H and O–H groups in total. The van der Waals surface area contributed by atoms with E-state index in [2.05, 4.69) is 33.2 Å². The van der Waals surface area contributed by atoms with E-state index in [1.165, 1.54) is 32.5 Å². The van der Waals surface area contributed by atoms with Crippen LogP contribution in [-0.4, -0.2) is 46.5 Å². The maximum Gasteiger partial charge on any atom is 0.236 e. The van der Waals surface area contributed by atoms with Crippen LogP contribution in [0.4, 0.5) is 0 Å². The van der Waals surface area contributed by atoms with E-state index < -0.39 is 0 Å². The Bertz CT molecular complexity index is 594. The summed E-state index contributed by atoms with van der Waals surface area (Å²) in [6.45, 7) is 6.88. The highest BCUT2D eigenvalue weighted by atomic mass is 32.1. The van der Waals surface area contributed by atoms with Crippen LogP contribution in [0.5, 0.6) is 0 Å². The summed E-state index contributed by atoms with van der Waals surface area (Å²) in [5, 5.41) is 2.06. The molecule has 21 heavy (non-hydrogen) atoms. The molecule has 4 heterocycles. The summed E-state index contributed by atoms with van der Waals surface area (Å²) >= 11 is 1.67. The lowest BCUT2D eigenvalue weighted by atomic mass is 10.1. The SMILES string of the molecule is C[C@H]1CN2CCC[C@@H]2CN1Cc1coc(-c2cccs2)n1. The van der Waals surface area contributed by atoms with Crippen molar-refractivity contribution in [2.45, 2.75) is 38.4 Å². The van der Waals surface area contributed by atoms with Crippen LogP contribution in [0.2, 0.25) is 0 Å². The van der Waals surface area contributed by atoms with E-state index >= 15 is 0 Å². The number of hydrogen-bond donors (Lipinski definition) is 0. The van der Waals surface area contributed by atoms with Gasteiger partial charge in [0.1, 0.15) is 6.26 Å². The van der Waals surface area contributed by atoms with Crippen LogP contribution in [0.3, 0.4) is 0 Å². The van der Waals surface area contributed by atoms with E-state index in [1.807, 2.05) is 12.3 Å². The summed E-state index contributed by atoms with van der Waals surface area (Å²) in [6, 6.07) is 5.44. The lowest BCUT2D eigenvalue weighted by Crippen LogP contribution is -2.54. The third-order valence-corrected chi connectivity index (χ3v) is 5.57. The van der Waals surface area contributed by atoms with Crippen LogP contribution < -0.4 is 0 Å². The zero-order valence-corrected chi connectivity index (χ0v) is 13.2. The second-order valence-electron chi connectivity index (χ2n) is 6.19. The zero-order chi connectivity index (χ0) is 14.2. The number of piperazine rings is 1. The van der Waals surface area contributed by atoms with E-state index in [4.69, 9.17) is 4.42 Å².